The van der Waals surface area contributed by atoms with Crippen molar-refractivity contribution in [2.24, 2.45) is 5.92 Å². The lowest BCUT2D eigenvalue weighted by atomic mass is 10.1. The van der Waals surface area contributed by atoms with Crippen LogP contribution in [0.25, 0.3) is 0 Å². The maximum absolute atomic E-state index is 12.5. The topological polar surface area (TPSA) is 71.1 Å². The van der Waals surface area contributed by atoms with E-state index in [1.165, 1.54) is 0 Å². The van der Waals surface area contributed by atoms with Gasteiger partial charge in [0.2, 0.25) is 11.8 Å². The van der Waals surface area contributed by atoms with Crippen LogP contribution in [0.15, 0.2) is 48.5 Å². The maximum Gasteiger partial charge on any atom is 0.229 e. The highest BCUT2D eigenvalue weighted by molar-refractivity contribution is 5.97. The summed E-state index contributed by atoms with van der Waals surface area (Å²) in [6.07, 6.45) is 0.226. The number of ether oxygens (including phenoxy) is 2. The summed E-state index contributed by atoms with van der Waals surface area (Å²) in [4.78, 5) is 28.5. The van der Waals surface area contributed by atoms with Gasteiger partial charge in [-0.1, -0.05) is 0 Å². The van der Waals surface area contributed by atoms with Crippen LogP contribution in [0.3, 0.4) is 0 Å². The molecule has 1 aliphatic rings. The van der Waals surface area contributed by atoms with Crippen molar-refractivity contribution in [1.29, 1.82) is 0 Å². The Morgan fingerprint density at radius 3 is 2.38 bits per heavy atom. The molecule has 2 aromatic rings. The van der Waals surface area contributed by atoms with Crippen LogP contribution in [-0.2, 0) is 9.59 Å². The molecular formula is C22H27N3O4. The van der Waals surface area contributed by atoms with Gasteiger partial charge in [0, 0.05) is 38.4 Å². The monoisotopic (exact) mass is 397 g/mol. The molecule has 0 bridgehead atoms. The molecule has 3 rings (SSSR count). The van der Waals surface area contributed by atoms with Gasteiger partial charge in [-0.25, -0.2) is 0 Å². The zero-order valence-corrected chi connectivity index (χ0v) is 17.1. The minimum atomic E-state index is -0.350. The Bertz CT molecular complexity index is 834. The summed E-state index contributed by atoms with van der Waals surface area (Å²) in [5, 5.41) is 2.90. The van der Waals surface area contributed by atoms with E-state index in [0.717, 1.165) is 17.1 Å². The Morgan fingerprint density at radius 2 is 1.76 bits per heavy atom. The van der Waals surface area contributed by atoms with Gasteiger partial charge in [-0.15, -0.1) is 0 Å². The van der Waals surface area contributed by atoms with Crippen molar-refractivity contribution < 1.29 is 19.1 Å². The fraction of sp³-hybridized carbons (Fsp3) is 0.364. The van der Waals surface area contributed by atoms with Crippen LogP contribution in [0.2, 0.25) is 0 Å². The van der Waals surface area contributed by atoms with Crippen molar-refractivity contribution in [3.8, 4) is 11.5 Å². The van der Waals surface area contributed by atoms with Gasteiger partial charge in [0.05, 0.1) is 19.6 Å². The molecule has 2 aromatic carbocycles. The molecule has 1 heterocycles. The lowest BCUT2D eigenvalue weighted by Crippen LogP contribution is -2.31. The van der Waals surface area contributed by atoms with Crippen LogP contribution in [0.4, 0.5) is 11.4 Å². The molecule has 0 saturated carbocycles. The number of benzene rings is 2. The Morgan fingerprint density at radius 1 is 1.10 bits per heavy atom. The molecule has 29 heavy (non-hydrogen) atoms. The highest BCUT2D eigenvalue weighted by Gasteiger charge is 2.34. The third-order valence-electron chi connectivity index (χ3n) is 4.93. The number of anilines is 2. The van der Waals surface area contributed by atoms with Gasteiger partial charge in [0.25, 0.3) is 0 Å². The molecule has 0 aromatic heterocycles. The molecule has 2 amide bonds. The van der Waals surface area contributed by atoms with Gasteiger partial charge in [-0.05, 0) is 48.5 Å². The second-order valence-corrected chi connectivity index (χ2v) is 7.20. The quantitative estimate of drug-likeness (QED) is 0.742. The van der Waals surface area contributed by atoms with E-state index in [1.54, 1.807) is 12.0 Å². The number of hydrogen-bond donors (Lipinski definition) is 1. The maximum atomic E-state index is 12.5. The number of likely N-dealkylation sites (tertiary alicyclic amines) is 1. The lowest BCUT2D eigenvalue weighted by Gasteiger charge is -2.17. The van der Waals surface area contributed by atoms with Gasteiger partial charge in [-0.2, -0.15) is 0 Å². The van der Waals surface area contributed by atoms with E-state index in [1.807, 2.05) is 67.5 Å². The summed E-state index contributed by atoms with van der Waals surface area (Å²) in [5.74, 6) is 0.975. The third kappa shape index (κ3) is 5.40. The van der Waals surface area contributed by atoms with E-state index in [4.69, 9.17) is 9.47 Å². The summed E-state index contributed by atoms with van der Waals surface area (Å²) >= 11 is 0. The Kier molecular flexibility index (Phi) is 6.59. The molecular weight excluding hydrogens is 370 g/mol. The van der Waals surface area contributed by atoms with Gasteiger partial charge >= 0.3 is 0 Å². The molecule has 0 aliphatic carbocycles. The zero-order chi connectivity index (χ0) is 20.8. The van der Waals surface area contributed by atoms with Gasteiger partial charge in [0.1, 0.15) is 18.1 Å². The summed E-state index contributed by atoms with van der Waals surface area (Å²) in [5.41, 5.74) is 1.79. The van der Waals surface area contributed by atoms with Crippen molar-refractivity contribution in [2.75, 3.05) is 51.1 Å². The molecule has 7 nitrogen and oxygen atoms in total. The van der Waals surface area contributed by atoms with Crippen LogP contribution in [-0.4, -0.2) is 57.6 Å². The summed E-state index contributed by atoms with van der Waals surface area (Å²) in [6.45, 7) is 1.23. The fourth-order valence-electron chi connectivity index (χ4n) is 3.20. The average Bonchev–Trinajstić information content (AvgIpc) is 3.10. The zero-order valence-electron chi connectivity index (χ0n) is 17.1. The van der Waals surface area contributed by atoms with Crippen LogP contribution in [0.5, 0.6) is 11.5 Å². The van der Waals surface area contributed by atoms with Crippen molar-refractivity contribution in [3.63, 3.8) is 0 Å². The molecule has 0 radical (unpaired) electrons. The lowest BCUT2D eigenvalue weighted by molar-refractivity contribution is -0.128. The second-order valence-electron chi connectivity index (χ2n) is 7.20. The van der Waals surface area contributed by atoms with Crippen LogP contribution in [0, 0.1) is 5.92 Å². The van der Waals surface area contributed by atoms with Crippen molar-refractivity contribution in [3.05, 3.63) is 48.5 Å². The first-order chi connectivity index (χ1) is 14.0. The minimum absolute atomic E-state index is 0.0218. The Labute approximate surface area is 171 Å². The highest BCUT2D eigenvalue weighted by atomic mass is 16.5. The molecule has 1 N–H and O–H groups in total. The molecule has 0 spiro atoms. The number of nitrogens with zero attached hydrogens (tertiary/aromatic N) is 2. The van der Waals surface area contributed by atoms with Gasteiger partial charge < -0.3 is 24.6 Å². The number of carbonyl (C=O) groups is 2. The largest absolute Gasteiger partial charge is 0.497 e. The number of carbonyl (C=O) groups excluding carboxylic acids is 2. The normalized spacial score (nSPS) is 15.9. The summed E-state index contributed by atoms with van der Waals surface area (Å²) in [7, 11) is 5.54. The molecule has 1 aliphatic heterocycles. The fourth-order valence-corrected chi connectivity index (χ4v) is 3.20. The van der Waals surface area contributed by atoms with E-state index in [-0.39, 0.29) is 24.2 Å². The number of rotatable bonds is 8. The van der Waals surface area contributed by atoms with E-state index in [0.29, 0.717) is 25.4 Å². The van der Waals surface area contributed by atoms with Crippen molar-refractivity contribution in [1.82, 2.24) is 4.90 Å². The predicted molar refractivity (Wildman–Crippen MR) is 113 cm³/mol. The standard InChI is InChI=1S/C22H27N3O4/c1-24(2)18-6-4-17(5-7-18)23-22(27)16-14-21(26)25(15-16)12-13-29-20-10-8-19(28-3)9-11-20/h4-11,16H,12-15H2,1-3H3,(H,23,27). The summed E-state index contributed by atoms with van der Waals surface area (Å²) < 4.78 is 10.8. The van der Waals surface area contributed by atoms with Crippen LogP contribution < -0.4 is 19.7 Å². The van der Waals surface area contributed by atoms with E-state index >= 15 is 0 Å². The third-order valence-corrected chi connectivity index (χ3v) is 4.93. The average molecular weight is 397 g/mol. The van der Waals surface area contributed by atoms with E-state index < -0.39 is 0 Å². The Balaban J connectivity index is 1.46. The molecule has 1 unspecified atom stereocenters. The first kappa shape index (κ1) is 20.5. The number of methoxy groups -OCH3 is 1. The number of amides is 2. The second kappa shape index (κ2) is 9.32. The smallest absolute Gasteiger partial charge is 0.229 e. The number of hydrogen-bond acceptors (Lipinski definition) is 5. The van der Waals surface area contributed by atoms with Gasteiger partial charge in [-0.3, -0.25) is 9.59 Å². The minimum Gasteiger partial charge on any atom is -0.497 e. The highest BCUT2D eigenvalue weighted by Crippen LogP contribution is 2.22. The molecule has 7 heteroatoms. The summed E-state index contributed by atoms with van der Waals surface area (Å²) in [6, 6.07) is 14.9. The molecule has 1 saturated heterocycles. The van der Waals surface area contributed by atoms with E-state index in [2.05, 4.69) is 5.32 Å². The van der Waals surface area contributed by atoms with Gasteiger partial charge in [0.15, 0.2) is 0 Å². The number of nitrogens with one attached hydrogen (secondary N) is 1. The first-order valence-corrected chi connectivity index (χ1v) is 9.59. The molecule has 1 fully saturated rings. The van der Waals surface area contributed by atoms with Crippen LogP contribution in [0.1, 0.15) is 6.42 Å². The van der Waals surface area contributed by atoms with Crippen LogP contribution >= 0.6 is 0 Å². The molecule has 1 atom stereocenters. The molecule has 154 valence electrons. The van der Waals surface area contributed by atoms with Crippen molar-refractivity contribution >= 4 is 23.2 Å². The van der Waals surface area contributed by atoms with E-state index in [9.17, 15) is 9.59 Å². The SMILES string of the molecule is COc1ccc(OCCN2CC(C(=O)Nc3ccc(N(C)C)cc3)CC2=O)cc1. The first-order valence-electron chi connectivity index (χ1n) is 9.59. The Hall–Kier alpha value is -3.22. The predicted octanol–water partition coefficient (Wildman–Crippen LogP) is 2.63. The van der Waals surface area contributed by atoms with Crippen molar-refractivity contribution in [2.45, 2.75) is 6.42 Å².